The number of aromatic hydroxyl groups is 1. The molecule has 3 heterocycles. The zero-order chi connectivity index (χ0) is 20.5. The molecule has 3 aromatic rings. The van der Waals surface area contributed by atoms with E-state index in [1.54, 1.807) is 14.0 Å². The van der Waals surface area contributed by atoms with Gasteiger partial charge in [0.05, 0.1) is 11.9 Å². The number of nitrogens with one attached hydrogen (secondary N) is 2. The number of hydrogen-bond acceptors (Lipinski definition) is 6. The van der Waals surface area contributed by atoms with Crippen LogP contribution < -0.4 is 10.6 Å². The molecular formula is C19H22FN7O2. The van der Waals surface area contributed by atoms with Crippen molar-refractivity contribution in [3.63, 3.8) is 0 Å². The molecule has 4 rings (SSSR count). The summed E-state index contributed by atoms with van der Waals surface area (Å²) in [7, 11) is 1.70. The maximum Gasteiger partial charge on any atom is 0.282 e. The first-order valence-electron chi connectivity index (χ1n) is 9.40. The summed E-state index contributed by atoms with van der Waals surface area (Å²) < 4.78 is 16.2. The number of aromatic nitrogens is 5. The van der Waals surface area contributed by atoms with Crippen LogP contribution in [-0.4, -0.2) is 48.6 Å². The smallest absolute Gasteiger partial charge is 0.282 e. The summed E-state index contributed by atoms with van der Waals surface area (Å²) in [6, 6.07) is 4.19. The van der Waals surface area contributed by atoms with E-state index in [0.29, 0.717) is 17.1 Å². The fourth-order valence-electron chi connectivity index (χ4n) is 3.45. The van der Waals surface area contributed by atoms with Gasteiger partial charge in [0.15, 0.2) is 17.3 Å². The van der Waals surface area contributed by atoms with Crippen LogP contribution in [0.3, 0.4) is 0 Å². The molecular weight excluding hydrogens is 377 g/mol. The monoisotopic (exact) mass is 399 g/mol. The highest BCUT2D eigenvalue weighted by Crippen LogP contribution is 2.24. The van der Waals surface area contributed by atoms with Gasteiger partial charge in [-0.05, 0) is 56.6 Å². The Morgan fingerprint density at radius 1 is 1.31 bits per heavy atom. The number of rotatable bonds is 4. The second-order valence-electron chi connectivity index (χ2n) is 7.13. The van der Waals surface area contributed by atoms with Crippen LogP contribution in [0.1, 0.15) is 40.6 Å². The number of benzene rings is 1. The molecule has 2 aromatic heterocycles. The van der Waals surface area contributed by atoms with E-state index in [1.165, 1.54) is 33.8 Å². The van der Waals surface area contributed by atoms with Crippen molar-refractivity contribution < 1.29 is 14.3 Å². The van der Waals surface area contributed by atoms with E-state index in [2.05, 4.69) is 25.8 Å². The van der Waals surface area contributed by atoms with Crippen molar-refractivity contribution in [2.45, 2.75) is 25.7 Å². The minimum atomic E-state index is -0.603. The van der Waals surface area contributed by atoms with Crippen LogP contribution in [0.15, 0.2) is 24.4 Å². The highest BCUT2D eigenvalue weighted by atomic mass is 19.1. The lowest BCUT2D eigenvalue weighted by atomic mass is 9.98. The van der Waals surface area contributed by atoms with Gasteiger partial charge >= 0.3 is 0 Å². The first-order valence-corrected chi connectivity index (χ1v) is 9.40. The fraction of sp³-hybridized carbons (Fsp3) is 0.368. The summed E-state index contributed by atoms with van der Waals surface area (Å²) in [5, 5.41) is 24.7. The van der Waals surface area contributed by atoms with E-state index >= 15 is 0 Å². The Balaban J connectivity index is 1.55. The van der Waals surface area contributed by atoms with Crippen molar-refractivity contribution >= 4 is 11.9 Å². The van der Waals surface area contributed by atoms with Gasteiger partial charge in [-0.3, -0.25) is 10.1 Å². The van der Waals surface area contributed by atoms with Gasteiger partial charge in [-0.2, -0.15) is 15.2 Å². The molecule has 1 fully saturated rings. The van der Waals surface area contributed by atoms with Crippen LogP contribution in [0.4, 0.5) is 10.3 Å². The Bertz CT molecular complexity index is 1050. The molecule has 0 unspecified atom stereocenters. The van der Waals surface area contributed by atoms with Gasteiger partial charge in [0, 0.05) is 13.0 Å². The van der Waals surface area contributed by atoms with Gasteiger partial charge in [-0.1, -0.05) is 0 Å². The van der Waals surface area contributed by atoms with E-state index in [4.69, 9.17) is 0 Å². The SMILES string of the molecule is Cc1cc(F)ccc1-n1cc(O)c(C(=O)Nc2nc(C3CCNCC3)nn2C)n1. The second kappa shape index (κ2) is 7.63. The van der Waals surface area contributed by atoms with Crippen LogP contribution in [0, 0.1) is 12.7 Å². The lowest BCUT2D eigenvalue weighted by molar-refractivity contribution is 0.101. The molecule has 0 aliphatic carbocycles. The van der Waals surface area contributed by atoms with Crippen molar-refractivity contribution in [3.8, 4) is 11.4 Å². The first-order chi connectivity index (χ1) is 13.9. The average molecular weight is 399 g/mol. The molecule has 0 atom stereocenters. The number of hydrogen-bond donors (Lipinski definition) is 3. The molecule has 152 valence electrons. The van der Waals surface area contributed by atoms with E-state index in [-0.39, 0.29) is 29.1 Å². The molecule has 1 aromatic carbocycles. The van der Waals surface area contributed by atoms with Gasteiger partial charge in [0.1, 0.15) is 5.82 Å². The Morgan fingerprint density at radius 3 is 2.79 bits per heavy atom. The summed E-state index contributed by atoms with van der Waals surface area (Å²) in [4.78, 5) is 17.1. The maximum atomic E-state index is 13.3. The third-order valence-corrected chi connectivity index (χ3v) is 5.02. The minimum Gasteiger partial charge on any atom is -0.504 e. The van der Waals surface area contributed by atoms with Crippen molar-refractivity contribution in [3.05, 3.63) is 47.3 Å². The normalized spacial score (nSPS) is 14.9. The van der Waals surface area contributed by atoms with Gasteiger partial charge in [-0.15, -0.1) is 0 Å². The third kappa shape index (κ3) is 3.83. The molecule has 0 spiro atoms. The summed E-state index contributed by atoms with van der Waals surface area (Å²) in [6.45, 7) is 3.55. The summed E-state index contributed by atoms with van der Waals surface area (Å²) >= 11 is 0. The summed E-state index contributed by atoms with van der Waals surface area (Å²) in [5.41, 5.74) is 1.03. The van der Waals surface area contributed by atoms with Gasteiger partial charge in [-0.25, -0.2) is 13.8 Å². The van der Waals surface area contributed by atoms with E-state index < -0.39 is 5.91 Å². The predicted octanol–water partition coefficient (Wildman–Crippen LogP) is 1.87. The topological polar surface area (TPSA) is 110 Å². The van der Waals surface area contributed by atoms with Crippen LogP contribution in [-0.2, 0) is 7.05 Å². The van der Waals surface area contributed by atoms with Crippen molar-refractivity contribution in [2.24, 2.45) is 7.05 Å². The van der Waals surface area contributed by atoms with Crippen molar-refractivity contribution in [1.82, 2.24) is 29.9 Å². The minimum absolute atomic E-state index is 0.153. The largest absolute Gasteiger partial charge is 0.504 e. The zero-order valence-electron chi connectivity index (χ0n) is 16.2. The standard InChI is InChI=1S/C19H22FN7O2/c1-11-9-13(20)3-4-14(11)27-10-15(28)16(24-27)18(29)23-19-22-17(25-26(19)2)12-5-7-21-8-6-12/h3-4,9-10,12,21,28H,5-8H2,1-2H3,(H,22,23,25,29). The predicted molar refractivity (Wildman–Crippen MR) is 104 cm³/mol. The molecule has 0 bridgehead atoms. The molecule has 0 saturated carbocycles. The number of carbonyl (C=O) groups is 1. The fourth-order valence-corrected chi connectivity index (χ4v) is 3.45. The van der Waals surface area contributed by atoms with Crippen molar-refractivity contribution in [2.75, 3.05) is 18.4 Å². The van der Waals surface area contributed by atoms with Crippen LogP contribution in [0.5, 0.6) is 5.75 Å². The Labute approximate surface area is 166 Å². The number of piperidine rings is 1. The number of halogens is 1. The highest BCUT2D eigenvalue weighted by molar-refractivity contribution is 6.03. The average Bonchev–Trinajstić information content (AvgIpc) is 3.25. The number of amides is 1. The Kier molecular flexibility index (Phi) is 5.01. The summed E-state index contributed by atoms with van der Waals surface area (Å²) in [5.74, 6) is -0.0219. The number of nitrogens with zero attached hydrogens (tertiary/aromatic N) is 5. The van der Waals surface area contributed by atoms with E-state index in [9.17, 15) is 14.3 Å². The maximum absolute atomic E-state index is 13.3. The molecule has 1 saturated heterocycles. The van der Waals surface area contributed by atoms with E-state index in [0.717, 1.165) is 25.9 Å². The van der Waals surface area contributed by atoms with Crippen molar-refractivity contribution in [1.29, 1.82) is 0 Å². The highest BCUT2D eigenvalue weighted by Gasteiger charge is 2.23. The van der Waals surface area contributed by atoms with Crippen LogP contribution in [0.2, 0.25) is 0 Å². The van der Waals surface area contributed by atoms with Gasteiger partial charge in [0.2, 0.25) is 5.95 Å². The van der Waals surface area contributed by atoms with E-state index in [1.807, 2.05) is 0 Å². The molecule has 9 nitrogen and oxygen atoms in total. The number of aryl methyl sites for hydroxylation is 2. The molecule has 1 amide bonds. The molecule has 1 aliphatic rings. The molecule has 10 heteroatoms. The first kappa shape index (κ1) is 19.1. The van der Waals surface area contributed by atoms with Gasteiger partial charge < -0.3 is 10.4 Å². The quantitative estimate of drug-likeness (QED) is 0.618. The Hall–Kier alpha value is -3.27. The molecule has 0 radical (unpaired) electrons. The number of anilines is 1. The summed E-state index contributed by atoms with van der Waals surface area (Å²) in [6.07, 6.45) is 3.20. The lowest BCUT2D eigenvalue weighted by Gasteiger charge is -2.19. The third-order valence-electron chi connectivity index (χ3n) is 5.02. The van der Waals surface area contributed by atoms with Crippen LogP contribution >= 0.6 is 0 Å². The second-order valence-corrected chi connectivity index (χ2v) is 7.13. The Morgan fingerprint density at radius 2 is 2.07 bits per heavy atom. The molecule has 3 N–H and O–H groups in total. The lowest BCUT2D eigenvalue weighted by Crippen LogP contribution is -2.27. The number of carbonyl (C=O) groups excluding carboxylic acids is 1. The van der Waals surface area contributed by atoms with Gasteiger partial charge in [0.25, 0.3) is 5.91 Å². The molecule has 1 aliphatic heterocycles. The van der Waals surface area contributed by atoms with Crippen LogP contribution in [0.25, 0.3) is 5.69 Å². The zero-order valence-corrected chi connectivity index (χ0v) is 16.2. The molecule has 29 heavy (non-hydrogen) atoms.